The predicted molar refractivity (Wildman–Crippen MR) is 119 cm³/mol. The van der Waals surface area contributed by atoms with Crippen molar-refractivity contribution in [2.24, 2.45) is 0 Å². The van der Waals surface area contributed by atoms with Gasteiger partial charge in [0.15, 0.2) is 0 Å². The second-order valence-corrected chi connectivity index (χ2v) is 7.78. The molecule has 10 heteroatoms. The molecule has 0 aromatic carbocycles. The summed E-state index contributed by atoms with van der Waals surface area (Å²) in [5, 5.41) is 4.13. The van der Waals surface area contributed by atoms with Crippen molar-refractivity contribution in [3.63, 3.8) is 0 Å². The van der Waals surface area contributed by atoms with Gasteiger partial charge in [0.05, 0.1) is 24.7 Å². The molecular weight excluding hydrogens is 437 g/mol. The van der Waals surface area contributed by atoms with Crippen molar-refractivity contribution in [2.45, 2.75) is 36.8 Å². The molecule has 1 aliphatic rings. The fourth-order valence-corrected chi connectivity index (χ4v) is 3.69. The minimum absolute atomic E-state index is 0. The molecule has 3 aromatic heterocycles. The first kappa shape index (κ1) is 26.1. The number of aromatic nitrogens is 4. The van der Waals surface area contributed by atoms with Crippen LogP contribution < -0.4 is 40.4 Å². The van der Waals surface area contributed by atoms with Crippen LogP contribution in [0.1, 0.15) is 25.7 Å². The normalized spacial score (nSPS) is 12.8. The Morgan fingerprint density at radius 2 is 2.03 bits per heavy atom. The molecule has 0 radical (unpaired) electrons. The van der Waals surface area contributed by atoms with Crippen LogP contribution in [0.2, 0.25) is 0 Å². The van der Waals surface area contributed by atoms with Crippen LogP contribution in [0.3, 0.4) is 0 Å². The molecule has 0 atom stereocenters. The van der Waals surface area contributed by atoms with Gasteiger partial charge in [-0.15, -0.1) is 18.0 Å². The number of carbonyl (C=O) groups is 1. The number of hydrogen-bond acceptors (Lipinski definition) is 8. The molecule has 3 heterocycles. The van der Waals surface area contributed by atoms with Crippen LogP contribution in [0.5, 0.6) is 0 Å². The van der Waals surface area contributed by atoms with E-state index in [1.54, 1.807) is 35.3 Å². The van der Waals surface area contributed by atoms with E-state index in [1.807, 2.05) is 18.2 Å². The molecule has 1 fully saturated rings. The van der Waals surface area contributed by atoms with E-state index in [9.17, 15) is 9.59 Å². The van der Waals surface area contributed by atoms with E-state index in [0.717, 1.165) is 11.5 Å². The first-order chi connectivity index (χ1) is 15.2. The number of thioether (sulfide) groups is 1. The zero-order valence-corrected chi connectivity index (χ0v) is 21.0. The van der Waals surface area contributed by atoms with Crippen LogP contribution in [0.15, 0.2) is 64.9 Å². The summed E-state index contributed by atoms with van der Waals surface area (Å²) < 4.78 is 6.05. The van der Waals surface area contributed by atoms with Crippen LogP contribution in [-0.4, -0.2) is 44.4 Å². The summed E-state index contributed by atoms with van der Waals surface area (Å²) in [4.78, 5) is 34.4. The third-order valence-corrected chi connectivity index (χ3v) is 5.51. The number of ether oxygens (including phenoxy) is 1. The summed E-state index contributed by atoms with van der Waals surface area (Å²) >= 11 is 1.28. The third kappa shape index (κ3) is 8.38. The first-order valence-corrected chi connectivity index (χ1v) is 10.9. The number of nitrogens with one attached hydrogen (secondary N) is 1. The second kappa shape index (κ2) is 14.1. The molecule has 0 amide bonds. The minimum atomic E-state index is -0.269. The van der Waals surface area contributed by atoms with Crippen LogP contribution in [0.4, 0.5) is 5.82 Å². The van der Waals surface area contributed by atoms with E-state index < -0.39 is 0 Å². The van der Waals surface area contributed by atoms with Crippen molar-refractivity contribution in [3.05, 3.63) is 71.7 Å². The SMILES string of the molecule is COC(=O)CSc1cn[c-]cn1.O=c1ccccn1-c1ccc(NC2CCCC2)nc1.[Na+]. The zero-order chi connectivity index (χ0) is 21.9. The van der Waals surface area contributed by atoms with Gasteiger partial charge in [-0.3, -0.25) is 19.1 Å². The standard InChI is InChI=1S/C15H17N3O.C7H7N2O2S.Na/c19-15-7-3-4-10-18(15)13-8-9-14(16-11-13)17-12-5-1-2-6-12;1-11-7(10)5-12-6-4-8-2-3-9-6;/h3-4,7-12H,1-2,5-6H2,(H,16,17);3-4H,5H2,1H3;/q;-1;+1. The van der Waals surface area contributed by atoms with Gasteiger partial charge in [0.2, 0.25) is 0 Å². The maximum atomic E-state index is 11.7. The third-order valence-electron chi connectivity index (χ3n) is 4.62. The average molecular weight is 462 g/mol. The molecule has 0 spiro atoms. The molecule has 0 unspecified atom stereocenters. The van der Waals surface area contributed by atoms with Gasteiger partial charge in [0, 0.05) is 23.3 Å². The Balaban J connectivity index is 0.000000244. The molecule has 0 aliphatic heterocycles. The number of carbonyl (C=O) groups excluding carboxylic acids is 1. The maximum Gasteiger partial charge on any atom is 1.00 e. The number of anilines is 1. The molecule has 3 aromatic rings. The zero-order valence-electron chi connectivity index (χ0n) is 18.2. The quantitative estimate of drug-likeness (QED) is 0.240. The Morgan fingerprint density at radius 3 is 2.66 bits per heavy atom. The Hall–Kier alpha value is -2.20. The Bertz CT molecular complexity index is 1010. The number of hydrogen-bond donors (Lipinski definition) is 1. The van der Waals surface area contributed by atoms with Crippen LogP contribution in [0, 0.1) is 6.20 Å². The van der Waals surface area contributed by atoms with E-state index in [4.69, 9.17) is 0 Å². The Morgan fingerprint density at radius 1 is 1.22 bits per heavy atom. The van der Waals surface area contributed by atoms with Crippen molar-refractivity contribution >= 4 is 23.5 Å². The number of methoxy groups -OCH3 is 1. The fraction of sp³-hybridized carbons (Fsp3) is 0.318. The summed E-state index contributed by atoms with van der Waals surface area (Å²) in [5.74, 6) is 0.879. The minimum Gasteiger partial charge on any atom is -0.468 e. The smallest absolute Gasteiger partial charge is 0.468 e. The monoisotopic (exact) mass is 461 g/mol. The predicted octanol–water partition coefficient (Wildman–Crippen LogP) is 0.133. The van der Waals surface area contributed by atoms with Gasteiger partial charge >= 0.3 is 35.5 Å². The van der Waals surface area contributed by atoms with Crippen molar-refractivity contribution < 1.29 is 39.1 Å². The fourth-order valence-electron chi connectivity index (χ4n) is 3.05. The molecule has 1 saturated carbocycles. The van der Waals surface area contributed by atoms with Crippen molar-refractivity contribution in [3.8, 4) is 5.69 Å². The van der Waals surface area contributed by atoms with Gasteiger partial charge in [0.25, 0.3) is 5.56 Å². The van der Waals surface area contributed by atoms with Gasteiger partial charge in [0.1, 0.15) is 5.82 Å². The van der Waals surface area contributed by atoms with Gasteiger partial charge in [-0.2, -0.15) is 0 Å². The number of nitrogens with zero attached hydrogens (tertiary/aromatic N) is 4. The molecule has 32 heavy (non-hydrogen) atoms. The number of pyridine rings is 2. The van der Waals surface area contributed by atoms with E-state index in [0.29, 0.717) is 11.1 Å². The molecule has 162 valence electrons. The van der Waals surface area contributed by atoms with Crippen LogP contribution in [0.25, 0.3) is 5.69 Å². The Labute approximate surface area is 213 Å². The largest absolute Gasteiger partial charge is 1.00 e. The molecule has 0 bridgehead atoms. The van der Waals surface area contributed by atoms with Gasteiger partial charge in [-0.05, 0) is 37.2 Å². The summed E-state index contributed by atoms with van der Waals surface area (Å²) in [7, 11) is 1.35. The van der Waals surface area contributed by atoms with Crippen molar-refractivity contribution in [2.75, 3.05) is 18.2 Å². The van der Waals surface area contributed by atoms with E-state index >= 15 is 0 Å². The van der Waals surface area contributed by atoms with E-state index in [1.165, 1.54) is 50.8 Å². The molecular formula is C22H24N5NaO3S. The second-order valence-electron chi connectivity index (χ2n) is 6.78. The summed E-state index contributed by atoms with van der Waals surface area (Å²) in [6, 6.07) is 9.54. The maximum absolute atomic E-state index is 11.7. The van der Waals surface area contributed by atoms with Gasteiger partial charge < -0.3 is 15.0 Å². The Kier molecular flexibility index (Phi) is 11.4. The van der Waals surface area contributed by atoms with Crippen LogP contribution >= 0.6 is 11.8 Å². The van der Waals surface area contributed by atoms with E-state index in [2.05, 4.69) is 31.2 Å². The summed E-state index contributed by atoms with van der Waals surface area (Å²) in [5.41, 5.74) is 0.753. The van der Waals surface area contributed by atoms with Gasteiger partial charge in [-0.25, -0.2) is 4.98 Å². The summed E-state index contributed by atoms with van der Waals surface area (Å²) in [6.07, 6.45) is 14.1. The molecule has 1 N–H and O–H groups in total. The van der Waals surface area contributed by atoms with E-state index in [-0.39, 0.29) is 46.8 Å². The van der Waals surface area contributed by atoms with Crippen molar-refractivity contribution in [1.29, 1.82) is 0 Å². The topological polar surface area (TPSA) is 99.0 Å². The summed E-state index contributed by atoms with van der Waals surface area (Å²) in [6.45, 7) is 0. The molecule has 8 nitrogen and oxygen atoms in total. The molecule has 4 rings (SSSR count). The van der Waals surface area contributed by atoms with Crippen molar-refractivity contribution in [1.82, 2.24) is 19.5 Å². The average Bonchev–Trinajstić information content (AvgIpc) is 3.33. The molecule has 1 aliphatic carbocycles. The first-order valence-electron chi connectivity index (χ1n) is 9.94. The van der Waals surface area contributed by atoms with Gasteiger partial charge in [-0.1, -0.05) is 25.1 Å². The molecule has 0 saturated heterocycles. The van der Waals surface area contributed by atoms with Crippen LogP contribution in [-0.2, 0) is 9.53 Å². The number of esters is 1. The number of rotatable bonds is 6.